The summed E-state index contributed by atoms with van der Waals surface area (Å²) >= 11 is 0. The van der Waals surface area contributed by atoms with Crippen molar-refractivity contribution >= 4 is 17.9 Å². The molecule has 1 fully saturated rings. The normalized spacial score (nSPS) is 33.2. The molecule has 2 atom stereocenters. The van der Waals surface area contributed by atoms with E-state index in [0.29, 0.717) is 17.7 Å². The number of fused-ring (bicyclic) bond motifs is 2. The first-order chi connectivity index (χ1) is 6.99. The summed E-state index contributed by atoms with van der Waals surface area (Å²) in [7, 11) is 0. The molecule has 0 spiro atoms. The largest absolute Gasteiger partial charge is 0.465 e. The van der Waals surface area contributed by atoms with Gasteiger partial charge in [0, 0.05) is 0 Å². The average molecular weight is 210 g/mol. The van der Waals surface area contributed by atoms with Gasteiger partial charge in [-0.15, -0.1) is 0 Å². The third kappa shape index (κ3) is 1.07. The summed E-state index contributed by atoms with van der Waals surface area (Å²) in [5.41, 5.74) is 3.72. The molecule has 3 aliphatic rings. The van der Waals surface area contributed by atoms with Crippen LogP contribution in [0.4, 0.5) is 4.79 Å². The predicted octanol–water partition coefficient (Wildman–Crippen LogP) is -0.303. The minimum Gasteiger partial charge on any atom is -0.465 e. The SMILES string of the molecule is NC(=O)C12C=CC(CC1)N(C(=O)O)C2=O. The molecule has 0 aromatic rings. The van der Waals surface area contributed by atoms with Crippen LogP contribution in [0.3, 0.4) is 0 Å². The van der Waals surface area contributed by atoms with Crippen LogP contribution < -0.4 is 5.73 Å². The van der Waals surface area contributed by atoms with Gasteiger partial charge in [-0.2, -0.15) is 0 Å². The van der Waals surface area contributed by atoms with Gasteiger partial charge in [0.15, 0.2) is 0 Å². The fourth-order valence-corrected chi connectivity index (χ4v) is 2.13. The zero-order valence-electron chi connectivity index (χ0n) is 7.84. The first kappa shape index (κ1) is 9.70. The highest BCUT2D eigenvalue weighted by Gasteiger charge is 2.54. The van der Waals surface area contributed by atoms with Gasteiger partial charge in [-0.3, -0.25) is 9.59 Å². The Balaban J connectivity index is 2.48. The van der Waals surface area contributed by atoms with Crippen molar-refractivity contribution in [3.05, 3.63) is 12.2 Å². The monoisotopic (exact) mass is 210 g/mol. The van der Waals surface area contributed by atoms with Crippen molar-refractivity contribution in [3.8, 4) is 0 Å². The fraction of sp³-hybridized carbons (Fsp3) is 0.444. The number of hydrogen-bond acceptors (Lipinski definition) is 3. The van der Waals surface area contributed by atoms with Crippen LogP contribution in [0.15, 0.2) is 12.2 Å². The summed E-state index contributed by atoms with van der Waals surface area (Å²) in [6, 6.07) is -0.448. The second-order valence-corrected chi connectivity index (χ2v) is 3.76. The minimum absolute atomic E-state index is 0.298. The van der Waals surface area contributed by atoms with Crippen molar-refractivity contribution in [2.75, 3.05) is 0 Å². The number of hydrogen-bond donors (Lipinski definition) is 2. The summed E-state index contributed by atoms with van der Waals surface area (Å²) in [5.74, 6) is -1.51. The molecular weight excluding hydrogens is 200 g/mol. The molecule has 3 amide bonds. The third-order valence-electron chi connectivity index (χ3n) is 3.02. The molecule has 6 nitrogen and oxygen atoms in total. The predicted molar refractivity (Wildman–Crippen MR) is 48.7 cm³/mol. The van der Waals surface area contributed by atoms with E-state index in [0.717, 1.165) is 0 Å². The zero-order valence-corrected chi connectivity index (χ0v) is 7.84. The molecule has 1 aliphatic carbocycles. The maximum atomic E-state index is 11.8. The van der Waals surface area contributed by atoms with Gasteiger partial charge in [0.2, 0.25) is 5.91 Å². The van der Waals surface area contributed by atoms with Crippen LogP contribution >= 0.6 is 0 Å². The number of piperidine rings is 1. The van der Waals surface area contributed by atoms with Crippen molar-refractivity contribution in [3.63, 3.8) is 0 Å². The van der Waals surface area contributed by atoms with E-state index >= 15 is 0 Å². The van der Waals surface area contributed by atoms with Gasteiger partial charge in [-0.1, -0.05) is 12.2 Å². The Kier molecular flexibility index (Phi) is 1.82. The van der Waals surface area contributed by atoms with Crippen LogP contribution in [-0.2, 0) is 9.59 Å². The lowest BCUT2D eigenvalue weighted by atomic mass is 9.71. The Labute approximate surface area is 85.3 Å². The summed E-state index contributed by atoms with van der Waals surface area (Å²) in [6.45, 7) is 0. The molecule has 0 aromatic heterocycles. The topological polar surface area (TPSA) is 101 Å². The fourth-order valence-electron chi connectivity index (χ4n) is 2.13. The molecule has 15 heavy (non-hydrogen) atoms. The molecule has 2 unspecified atom stereocenters. The molecule has 0 saturated carbocycles. The van der Waals surface area contributed by atoms with Crippen molar-refractivity contribution in [1.82, 2.24) is 4.90 Å². The molecule has 6 heteroatoms. The minimum atomic E-state index is -1.44. The van der Waals surface area contributed by atoms with Crippen molar-refractivity contribution in [1.29, 1.82) is 0 Å². The van der Waals surface area contributed by atoms with Gasteiger partial charge in [-0.05, 0) is 12.8 Å². The number of primary amides is 1. The van der Waals surface area contributed by atoms with Crippen molar-refractivity contribution in [2.45, 2.75) is 18.9 Å². The Bertz CT molecular complexity index is 390. The number of imide groups is 1. The van der Waals surface area contributed by atoms with Gasteiger partial charge in [0.05, 0.1) is 6.04 Å². The van der Waals surface area contributed by atoms with E-state index in [2.05, 4.69) is 0 Å². The van der Waals surface area contributed by atoms with Gasteiger partial charge in [-0.25, -0.2) is 9.69 Å². The summed E-state index contributed by atoms with van der Waals surface area (Å²) in [6.07, 6.45) is 2.42. The quantitative estimate of drug-likeness (QED) is 0.458. The first-order valence-corrected chi connectivity index (χ1v) is 4.55. The van der Waals surface area contributed by atoms with E-state index in [-0.39, 0.29) is 0 Å². The van der Waals surface area contributed by atoms with Crippen molar-refractivity contribution in [2.24, 2.45) is 11.1 Å². The third-order valence-corrected chi connectivity index (χ3v) is 3.02. The highest BCUT2D eigenvalue weighted by Crippen LogP contribution is 2.40. The zero-order chi connectivity index (χ0) is 11.2. The Morgan fingerprint density at radius 2 is 2.27 bits per heavy atom. The maximum Gasteiger partial charge on any atom is 0.414 e. The lowest BCUT2D eigenvalue weighted by molar-refractivity contribution is -0.150. The summed E-state index contributed by atoms with van der Waals surface area (Å²) in [5, 5.41) is 8.85. The lowest BCUT2D eigenvalue weighted by Gasteiger charge is -2.43. The molecule has 2 aliphatic heterocycles. The van der Waals surface area contributed by atoms with Crippen molar-refractivity contribution < 1.29 is 19.5 Å². The highest BCUT2D eigenvalue weighted by atomic mass is 16.4. The molecule has 0 aromatic carbocycles. The second-order valence-electron chi connectivity index (χ2n) is 3.76. The van der Waals surface area contributed by atoms with Crippen LogP contribution in [-0.4, -0.2) is 34.0 Å². The van der Waals surface area contributed by atoms with Crippen LogP contribution in [0.1, 0.15) is 12.8 Å². The maximum absolute atomic E-state index is 11.8. The molecule has 0 radical (unpaired) electrons. The Morgan fingerprint density at radius 1 is 1.60 bits per heavy atom. The number of amides is 3. The summed E-state index contributed by atoms with van der Waals surface area (Å²) in [4.78, 5) is 34.6. The smallest absolute Gasteiger partial charge is 0.414 e. The van der Waals surface area contributed by atoms with Crippen LogP contribution in [0.25, 0.3) is 0 Å². The average Bonchev–Trinajstić information content (AvgIpc) is 2.18. The first-order valence-electron chi connectivity index (χ1n) is 4.55. The van der Waals surface area contributed by atoms with E-state index in [1.807, 2.05) is 0 Å². The molecule has 3 N–H and O–H groups in total. The number of carbonyl (C=O) groups is 3. The van der Waals surface area contributed by atoms with Gasteiger partial charge in [0.1, 0.15) is 5.41 Å². The van der Waals surface area contributed by atoms with Crippen LogP contribution in [0, 0.1) is 5.41 Å². The highest BCUT2D eigenvalue weighted by molar-refractivity contribution is 6.12. The molecule has 80 valence electrons. The van der Waals surface area contributed by atoms with Crippen LogP contribution in [0.5, 0.6) is 0 Å². The molecule has 2 bridgehead atoms. The van der Waals surface area contributed by atoms with E-state index in [4.69, 9.17) is 10.8 Å². The van der Waals surface area contributed by atoms with E-state index in [9.17, 15) is 14.4 Å². The van der Waals surface area contributed by atoms with E-state index in [1.54, 1.807) is 6.08 Å². The van der Waals surface area contributed by atoms with E-state index < -0.39 is 29.4 Å². The lowest BCUT2D eigenvalue weighted by Crippen LogP contribution is -2.61. The number of carboxylic acid groups (broad SMARTS) is 1. The van der Waals surface area contributed by atoms with Crippen LogP contribution in [0.2, 0.25) is 0 Å². The molecular formula is C9H10N2O4. The Hall–Kier alpha value is -1.85. The number of rotatable bonds is 1. The molecule has 2 heterocycles. The number of nitrogens with zero attached hydrogens (tertiary/aromatic N) is 1. The van der Waals surface area contributed by atoms with Gasteiger partial charge in [0.25, 0.3) is 5.91 Å². The second kappa shape index (κ2) is 2.82. The van der Waals surface area contributed by atoms with Gasteiger partial charge >= 0.3 is 6.09 Å². The molecule has 1 saturated heterocycles. The standard InChI is InChI=1S/C9H10N2O4/c10-6(12)9-3-1-5(2-4-9)11(7(9)13)8(14)15/h1,3,5H,2,4H2,(H2,10,12)(H,14,15). The van der Waals surface area contributed by atoms with Gasteiger partial charge < -0.3 is 10.8 Å². The van der Waals surface area contributed by atoms with E-state index in [1.165, 1.54) is 6.08 Å². The summed E-state index contributed by atoms with van der Waals surface area (Å²) < 4.78 is 0. The number of carbonyl (C=O) groups excluding carboxylic acids is 2. The number of nitrogens with two attached hydrogens (primary N) is 1. The molecule has 3 rings (SSSR count). The Morgan fingerprint density at radius 3 is 2.67 bits per heavy atom.